The zero-order valence-corrected chi connectivity index (χ0v) is 15.0. The lowest BCUT2D eigenvalue weighted by Gasteiger charge is -2.03. The lowest BCUT2D eigenvalue weighted by atomic mass is 10.2. The largest absolute Gasteiger partial charge is 0.465 e. The summed E-state index contributed by atoms with van der Waals surface area (Å²) in [5, 5.41) is 0.805. The zero-order chi connectivity index (χ0) is 15.4. The van der Waals surface area contributed by atoms with E-state index in [0.717, 1.165) is 21.8 Å². The van der Waals surface area contributed by atoms with E-state index in [0.29, 0.717) is 22.8 Å². The van der Waals surface area contributed by atoms with Gasteiger partial charge in [0.25, 0.3) is 0 Å². The second-order valence-electron chi connectivity index (χ2n) is 4.70. The molecule has 114 valence electrons. The Kier molecular flexibility index (Phi) is 5.80. The van der Waals surface area contributed by atoms with E-state index in [1.165, 1.54) is 0 Å². The van der Waals surface area contributed by atoms with Crippen molar-refractivity contribution in [2.45, 2.75) is 31.1 Å². The van der Waals surface area contributed by atoms with E-state index < -0.39 is 10.8 Å². The van der Waals surface area contributed by atoms with Gasteiger partial charge in [0.15, 0.2) is 0 Å². The van der Waals surface area contributed by atoms with Crippen LogP contribution in [0.3, 0.4) is 0 Å². The van der Waals surface area contributed by atoms with Crippen LogP contribution in [0.15, 0.2) is 27.5 Å². The number of furan rings is 1. The maximum Gasteiger partial charge on any atom is 0.313 e. The third kappa shape index (κ3) is 4.06. The second kappa shape index (κ2) is 7.40. The standard InChI is InChI=1S/C15H17IO4S/c1-3-4-7-19-14(17)9-13-15(21(2)18)11-8-10(16)5-6-12(11)20-13/h5-6,8H,3-4,7,9H2,1-2H3. The van der Waals surface area contributed by atoms with E-state index in [1.807, 2.05) is 25.1 Å². The molecule has 0 N–H and O–H groups in total. The van der Waals surface area contributed by atoms with Crippen molar-refractivity contribution in [1.29, 1.82) is 0 Å². The number of hydrogen-bond acceptors (Lipinski definition) is 4. The van der Waals surface area contributed by atoms with Gasteiger partial charge >= 0.3 is 5.97 Å². The maximum atomic E-state index is 12.0. The highest BCUT2D eigenvalue weighted by atomic mass is 127. The predicted octanol–water partition coefficient (Wildman–Crippen LogP) is 3.66. The van der Waals surface area contributed by atoms with Crippen molar-refractivity contribution in [3.8, 4) is 0 Å². The highest BCUT2D eigenvalue weighted by Crippen LogP contribution is 2.30. The van der Waals surface area contributed by atoms with E-state index in [1.54, 1.807) is 6.26 Å². The normalized spacial score (nSPS) is 12.5. The molecule has 0 fully saturated rings. The average Bonchev–Trinajstić information content (AvgIpc) is 2.76. The highest BCUT2D eigenvalue weighted by molar-refractivity contribution is 14.1. The number of hydrogen-bond donors (Lipinski definition) is 0. The number of carbonyl (C=O) groups excluding carboxylic acids is 1. The van der Waals surface area contributed by atoms with E-state index in [4.69, 9.17) is 9.15 Å². The van der Waals surface area contributed by atoms with E-state index in [9.17, 15) is 9.00 Å². The molecule has 1 aromatic carbocycles. The van der Waals surface area contributed by atoms with E-state index in [-0.39, 0.29) is 12.4 Å². The molecular formula is C15H17IO4S. The summed E-state index contributed by atoms with van der Waals surface area (Å²) in [6.45, 7) is 2.45. The Morgan fingerprint density at radius 1 is 1.43 bits per heavy atom. The molecule has 2 rings (SSSR count). The first-order valence-electron chi connectivity index (χ1n) is 6.73. The smallest absolute Gasteiger partial charge is 0.313 e. The Morgan fingerprint density at radius 3 is 2.86 bits per heavy atom. The van der Waals surface area contributed by atoms with Crippen LogP contribution in [0, 0.1) is 3.57 Å². The number of benzene rings is 1. The van der Waals surface area contributed by atoms with Gasteiger partial charge in [0.05, 0.1) is 22.3 Å². The molecule has 1 heterocycles. The fraction of sp³-hybridized carbons (Fsp3) is 0.400. The van der Waals surface area contributed by atoms with Crippen LogP contribution in [0.2, 0.25) is 0 Å². The molecule has 0 saturated carbocycles. The van der Waals surface area contributed by atoms with Crippen molar-refractivity contribution >= 4 is 50.3 Å². The fourth-order valence-electron chi connectivity index (χ4n) is 2.04. The number of esters is 1. The van der Waals surface area contributed by atoms with Gasteiger partial charge in [-0.15, -0.1) is 0 Å². The molecule has 1 aromatic heterocycles. The third-order valence-electron chi connectivity index (χ3n) is 3.03. The van der Waals surface area contributed by atoms with Gasteiger partial charge in [0.2, 0.25) is 0 Å². The van der Waals surface area contributed by atoms with Gasteiger partial charge in [-0.2, -0.15) is 0 Å². The molecule has 0 bridgehead atoms. The molecule has 21 heavy (non-hydrogen) atoms. The van der Waals surface area contributed by atoms with Crippen molar-refractivity contribution in [3.05, 3.63) is 27.5 Å². The highest BCUT2D eigenvalue weighted by Gasteiger charge is 2.20. The SMILES string of the molecule is CCCCOC(=O)Cc1oc2ccc(I)cc2c1S(C)=O. The van der Waals surface area contributed by atoms with Crippen LogP contribution in [0.4, 0.5) is 0 Å². The van der Waals surface area contributed by atoms with Gasteiger partial charge in [0, 0.05) is 15.2 Å². The van der Waals surface area contributed by atoms with Crippen LogP contribution in [-0.4, -0.2) is 23.0 Å². The van der Waals surface area contributed by atoms with Gasteiger partial charge < -0.3 is 9.15 Å². The first-order valence-corrected chi connectivity index (χ1v) is 9.36. The number of ether oxygens (including phenoxy) is 1. The van der Waals surface area contributed by atoms with Crippen LogP contribution in [0.25, 0.3) is 11.0 Å². The predicted molar refractivity (Wildman–Crippen MR) is 90.8 cm³/mol. The summed E-state index contributed by atoms with van der Waals surface area (Å²) >= 11 is 2.19. The Morgan fingerprint density at radius 2 is 2.19 bits per heavy atom. The quantitative estimate of drug-likeness (QED) is 0.407. The molecule has 0 spiro atoms. The van der Waals surface area contributed by atoms with Gasteiger partial charge in [-0.1, -0.05) is 13.3 Å². The number of unbranched alkanes of at least 4 members (excludes halogenated alkanes) is 1. The summed E-state index contributed by atoms with van der Waals surface area (Å²) in [4.78, 5) is 12.4. The maximum absolute atomic E-state index is 12.0. The third-order valence-corrected chi connectivity index (χ3v) is 4.72. The summed E-state index contributed by atoms with van der Waals surface area (Å²) in [6, 6.07) is 5.67. The molecule has 0 aliphatic rings. The van der Waals surface area contributed by atoms with Crippen LogP contribution < -0.4 is 0 Å². The molecule has 0 amide bonds. The number of rotatable bonds is 6. The van der Waals surface area contributed by atoms with E-state index >= 15 is 0 Å². The minimum absolute atomic E-state index is 0.0177. The molecule has 6 heteroatoms. The van der Waals surface area contributed by atoms with Crippen molar-refractivity contribution in [2.75, 3.05) is 12.9 Å². The Balaban J connectivity index is 2.28. The minimum atomic E-state index is -1.22. The van der Waals surface area contributed by atoms with E-state index in [2.05, 4.69) is 22.6 Å². The fourth-order valence-corrected chi connectivity index (χ4v) is 3.44. The summed E-state index contributed by atoms with van der Waals surface area (Å²) in [5.74, 6) is 0.0956. The monoisotopic (exact) mass is 420 g/mol. The number of fused-ring (bicyclic) bond motifs is 1. The molecule has 4 nitrogen and oxygen atoms in total. The van der Waals surface area contributed by atoms with Gasteiger partial charge in [0.1, 0.15) is 17.8 Å². The lowest BCUT2D eigenvalue weighted by Crippen LogP contribution is -2.09. The Hall–Kier alpha value is -0.890. The van der Waals surface area contributed by atoms with Gasteiger partial charge in [-0.25, -0.2) is 0 Å². The number of carbonyl (C=O) groups is 1. The molecule has 0 saturated heterocycles. The minimum Gasteiger partial charge on any atom is -0.465 e. The van der Waals surface area contributed by atoms with Crippen molar-refractivity contribution in [2.24, 2.45) is 0 Å². The summed E-state index contributed by atoms with van der Waals surface area (Å²) in [7, 11) is -1.22. The van der Waals surface area contributed by atoms with Crippen molar-refractivity contribution < 1.29 is 18.2 Å². The van der Waals surface area contributed by atoms with Gasteiger partial charge in [-0.05, 0) is 47.2 Å². The summed E-state index contributed by atoms with van der Waals surface area (Å²) in [5.41, 5.74) is 0.650. The first kappa shape index (κ1) is 16.5. The molecular weight excluding hydrogens is 403 g/mol. The molecule has 1 atom stereocenters. The summed E-state index contributed by atoms with van der Waals surface area (Å²) < 4.78 is 23.9. The molecule has 0 radical (unpaired) electrons. The molecule has 0 aliphatic heterocycles. The molecule has 2 aromatic rings. The number of halogens is 1. The van der Waals surface area contributed by atoms with Gasteiger partial charge in [-0.3, -0.25) is 9.00 Å². The summed E-state index contributed by atoms with van der Waals surface area (Å²) in [6.07, 6.45) is 3.43. The van der Waals surface area contributed by atoms with Crippen LogP contribution in [-0.2, 0) is 26.8 Å². The molecule has 0 aliphatic carbocycles. The average molecular weight is 420 g/mol. The zero-order valence-electron chi connectivity index (χ0n) is 12.0. The first-order chi connectivity index (χ1) is 10.0. The van der Waals surface area contributed by atoms with Crippen molar-refractivity contribution in [3.63, 3.8) is 0 Å². The lowest BCUT2D eigenvalue weighted by molar-refractivity contribution is -0.143. The topological polar surface area (TPSA) is 56.5 Å². The van der Waals surface area contributed by atoms with Crippen LogP contribution in [0.5, 0.6) is 0 Å². The van der Waals surface area contributed by atoms with Crippen molar-refractivity contribution in [1.82, 2.24) is 0 Å². The molecule has 1 unspecified atom stereocenters. The Bertz CT molecular complexity index is 678. The Labute approximate surface area is 139 Å². The van der Waals surface area contributed by atoms with Crippen LogP contribution >= 0.6 is 22.6 Å². The van der Waals surface area contributed by atoms with Crippen LogP contribution in [0.1, 0.15) is 25.5 Å². The second-order valence-corrected chi connectivity index (χ2v) is 7.26.